The van der Waals surface area contributed by atoms with Gasteiger partial charge in [0.2, 0.25) is 5.91 Å². The van der Waals surface area contributed by atoms with Crippen molar-refractivity contribution in [3.05, 3.63) is 30.1 Å². The Hall–Kier alpha value is -2.15. The van der Waals surface area contributed by atoms with Crippen LogP contribution in [0.5, 0.6) is 0 Å². The minimum Gasteiger partial charge on any atom is -0.450 e. The summed E-state index contributed by atoms with van der Waals surface area (Å²) in [5.41, 5.74) is 0.439. The quantitative estimate of drug-likeness (QED) is 0.869. The highest BCUT2D eigenvalue weighted by Gasteiger charge is 2.23. The zero-order chi connectivity index (χ0) is 16.7. The van der Waals surface area contributed by atoms with Crippen LogP contribution in [-0.4, -0.2) is 49.2 Å². The van der Waals surface area contributed by atoms with E-state index in [4.69, 9.17) is 4.74 Å². The molecule has 1 aliphatic rings. The summed E-state index contributed by atoms with van der Waals surface area (Å²) in [7, 11) is 0. The van der Waals surface area contributed by atoms with Crippen molar-refractivity contribution in [2.24, 2.45) is 0 Å². The van der Waals surface area contributed by atoms with Gasteiger partial charge < -0.3 is 20.3 Å². The molecule has 23 heavy (non-hydrogen) atoms. The van der Waals surface area contributed by atoms with Gasteiger partial charge in [-0.05, 0) is 38.0 Å². The molecule has 2 N–H and O–H groups in total. The number of anilines is 1. The molecule has 1 fully saturated rings. The summed E-state index contributed by atoms with van der Waals surface area (Å²) in [4.78, 5) is 25.1. The summed E-state index contributed by atoms with van der Waals surface area (Å²) >= 11 is 0. The van der Waals surface area contributed by atoms with E-state index >= 15 is 0 Å². The number of carbonyl (C=O) groups is 2. The topological polar surface area (TPSA) is 70.7 Å². The van der Waals surface area contributed by atoms with Crippen LogP contribution in [0.3, 0.4) is 0 Å². The third-order valence-corrected chi connectivity index (χ3v) is 3.68. The number of hydrogen-bond acceptors (Lipinski definition) is 4. The van der Waals surface area contributed by atoms with E-state index in [1.165, 1.54) is 12.1 Å². The lowest BCUT2D eigenvalue weighted by molar-refractivity contribution is -0.115. The van der Waals surface area contributed by atoms with Crippen molar-refractivity contribution in [2.45, 2.75) is 25.8 Å². The van der Waals surface area contributed by atoms with Gasteiger partial charge in [0.25, 0.3) is 0 Å². The monoisotopic (exact) mass is 323 g/mol. The van der Waals surface area contributed by atoms with E-state index in [-0.39, 0.29) is 30.4 Å². The number of nitrogens with zero attached hydrogens (tertiary/aromatic N) is 1. The highest BCUT2D eigenvalue weighted by molar-refractivity contribution is 5.92. The molecule has 0 aromatic heterocycles. The molecule has 0 unspecified atom stereocenters. The number of likely N-dealkylation sites (tertiary alicyclic amines) is 1. The number of benzene rings is 1. The lowest BCUT2D eigenvalue weighted by atomic mass is 10.1. The highest BCUT2D eigenvalue weighted by atomic mass is 19.1. The first-order chi connectivity index (χ1) is 11.1. The fraction of sp³-hybridized carbons (Fsp3) is 0.500. The van der Waals surface area contributed by atoms with Gasteiger partial charge in [0.15, 0.2) is 0 Å². The van der Waals surface area contributed by atoms with E-state index in [0.717, 1.165) is 12.8 Å². The van der Waals surface area contributed by atoms with Gasteiger partial charge in [0.1, 0.15) is 5.82 Å². The summed E-state index contributed by atoms with van der Waals surface area (Å²) in [6.45, 7) is 3.53. The second-order valence-corrected chi connectivity index (χ2v) is 5.40. The normalized spacial score (nSPS) is 15.3. The molecule has 2 rings (SSSR count). The summed E-state index contributed by atoms with van der Waals surface area (Å²) < 4.78 is 18.0. The molecule has 1 heterocycles. The molecular formula is C16H22FN3O3. The van der Waals surface area contributed by atoms with Crippen molar-refractivity contribution in [2.75, 3.05) is 31.6 Å². The minimum atomic E-state index is -0.387. The standard InChI is InChI=1S/C16H22FN3O3/c1-2-23-16(22)20-8-6-13(7-9-20)18-11-15(21)19-14-5-3-4-12(17)10-14/h3-5,10,13,18H,2,6-9,11H2,1H3,(H,19,21). The molecule has 0 saturated carbocycles. The van der Waals surface area contributed by atoms with Crippen LogP contribution in [0.1, 0.15) is 19.8 Å². The second-order valence-electron chi connectivity index (χ2n) is 5.40. The first kappa shape index (κ1) is 17.2. The Bertz CT molecular complexity index is 545. The Morgan fingerprint density at radius 3 is 2.74 bits per heavy atom. The predicted molar refractivity (Wildman–Crippen MR) is 84.6 cm³/mol. The van der Waals surface area contributed by atoms with E-state index in [1.54, 1.807) is 24.0 Å². The molecule has 0 radical (unpaired) electrons. The van der Waals surface area contributed by atoms with Crippen molar-refractivity contribution in [1.82, 2.24) is 10.2 Å². The Morgan fingerprint density at radius 1 is 1.35 bits per heavy atom. The fourth-order valence-corrected chi connectivity index (χ4v) is 2.49. The summed E-state index contributed by atoms with van der Waals surface area (Å²) in [6.07, 6.45) is 1.26. The van der Waals surface area contributed by atoms with Gasteiger partial charge in [0, 0.05) is 24.8 Å². The van der Waals surface area contributed by atoms with Crippen LogP contribution in [0.25, 0.3) is 0 Å². The minimum absolute atomic E-state index is 0.153. The number of nitrogens with one attached hydrogen (secondary N) is 2. The number of hydrogen-bond donors (Lipinski definition) is 2. The van der Waals surface area contributed by atoms with Crippen molar-refractivity contribution < 1.29 is 18.7 Å². The molecule has 0 atom stereocenters. The summed E-state index contributed by atoms with van der Waals surface area (Å²) in [5.74, 6) is -0.606. The Morgan fingerprint density at radius 2 is 2.09 bits per heavy atom. The van der Waals surface area contributed by atoms with Gasteiger partial charge in [-0.25, -0.2) is 9.18 Å². The van der Waals surface area contributed by atoms with E-state index in [1.807, 2.05) is 0 Å². The molecule has 126 valence electrons. The number of piperidine rings is 1. The zero-order valence-corrected chi connectivity index (χ0v) is 13.2. The van der Waals surface area contributed by atoms with Crippen LogP contribution < -0.4 is 10.6 Å². The first-order valence-electron chi connectivity index (χ1n) is 7.79. The average Bonchev–Trinajstić information content (AvgIpc) is 2.54. The zero-order valence-electron chi connectivity index (χ0n) is 13.2. The van der Waals surface area contributed by atoms with Gasteiger partial charge in [-0.3, -0.25) is 4.79 Å². The molecule has 7 heteroatoms. The Labute approximate surface area is 135 Å². The second kappa shape index (κ2) is 8.47. The summed E-state index contributed by atoms with van der Waals surface area (Å²) in [5, 5.41) is 5.80. The van der Waals surface area contributed by atoms with Crippen LogP contribution in [-0.2, 0) is 9.53 Å². The first-order valence-corrected chi connectivity index (χ1v) is 7.79. The summed E-state index contributed by atoms with van der Waals surface area (Å²) in [6, 6.07) is 5.96. The lowest BCUT2D eigenvalue weighted by Crippen LogP contribution is -2.46. The van der Waals surface area contributed by atoms with Gasteiger partial charge in [0.05, 0.1) is 13.2 Å². The molecule has 1 aromatic carbocycles. The molecule has 0 bridgehead atoms. The van der Waals surface area contributed by atoms with Gasteiger partial charge >= 0.3 is 6.09 Å². The Kier molecular flexibility index (Phi) is 6.34. The number of amides is 2. The van der Waals surface area contributed by atoms with E-state index in [2.05, 4.69) is 10.6 Å². The van der Waals surface area contributed by atoms with E-state index in [9.17, 15) is 14.0 Å². The van der Waals surface area contributed by atoms with E-state index in [0.29, 0.717) is 25.4 Å². The number of carbonyl (C=O) groups excluding carboxylic acids is 2. The van der Waals surface area contributed by atoms with Crippen LogP contribution in [0.2, 0.25) is 0 Å². The average molecular weight is 323 g/mol. The van der Waals surface area contributed by atoms with Gasteiger partial charge in [-0.15, -0.1) is 0 Å². The van der Waals surface area contributed by atoms with Crippen LogP contribution in [0.4, 0.5) is 14.9 Å². The van der Waals surface area contributed by atoms with Crippen molar-refractivity contribution in [1.29, 1.82) is 0 Å². The van der Waals surface area contributed by atoms with Crippen molar-refractivity contribution >= 4 is 17.7 Å². The van der Waals surface area contributed by atoms with Gasteiger partial charge in [-0.1, -0.05) is 6.07 Å². The maximum absolute atomic E-state index is 13.0. The maximum atomic E-state index is 13.0. The largest absolute Gasteiger partial charge is 0.450 e. The molecular weight excluding hydrogens is 301 g/mol. The molecule has 0 aliphatic carbocycles. The molecule has 0 spiro atoms. The lowest BCUT2D eigenvalue weighted by Gasteiger charge is -2.31. The third kappa shape index (κ3) is 5.52. The fourth-order valence-electron chi connectivity index (χ4n) is 2.49. The van der Waals surface area contributed by atoms with Crippen molar-refractivity contribution in [3.8, 4) is 0 Å². The molecule has 6 nitrogen and oxygen atoms in total. The van der Waals surface area contributed by atoms with Crippen molar-refractivity contribution in [3.63, 3.8) is 0 Å². The van der Waals surface area contributed by atoms with Crippen LogP contribution in [0, 0.1) is 5.82 Å². The SMILES string of the molecule is CCOC(=O)N1CCC(NCC(=O)Nc2cccc(F)c2)CC1. The number of halogens is 1. The highest BCUT2D eigenvalue weighted by Crippen LogP contribution is 2.12. The van der Waals surface area contributed by atoms with Crippen LogP contribution >= 0.6 is 0 Å². The molecule has 2 amide bonds. The van der Waals surface area contributed by atoms with Crippen LogP contribution in [0.15, 0.2) is 24.3 Å². The molecule has 1 aromatic rings. The Balaban J connectivity index is 1.69. The smallest absolute Gasteiger partial charge is 0.409 e. The molecule has 1 saturated heterocycles. The number of rotatable bonds is 5. The van der Waals surface area contributed by atoms with Gasteiger partial charge in [-0.2, -0.15) is 0 Å². The van der Waals surface area contributed by atoms with E-state index < -0.39 is 0 Å². The molecule has 1 aliphatic heterocycles. The number of ether oxygens (including phenoxy) is 1. The maximum Gasteiger partial charge on any atom is 0.409 e. The third-order valence-electron chi connectivity index (χ3n) is 3.68. The predicted octanol–water partition coefficient (Wildman–Crippen LogP) is 1.97.